The molecule has 5 nitrogen and oxygen atoms in total. The van der Waals surface area contributed by atoms with Crippen LogP contribution in [0.15, 0.2) is 29.1 Å². The summed E-state index contributed by atoms with van der Waals surface area (Å²) in [6.45, 7) is 4.73. The Bertz CT molecular complexity index is 809. The lowest BCUT2D eigenvalue weighted by Crippen LogP contribution is -2.01. The van der Waals surface area contributed by atoms with E-state index in [1.54, 1.807) is 0 Å². The molecule has 0 aliphatic heterocycles. The second-order valence-electron chi connectivity index (χ2n) is 5.11. The minimum Gasteiger partial charge on any atom is -0.380 e. The number of hydrogen-bond donors (Lipinski definition) is 1. The van der Waals surface area contributed by atoms with Gasteiger partial charge in [-0.05, 0) is 53.0 Å². The van der Waals surface area contributed by atoms with Crippen LogP contribution in [0.4, 0.5) is 5.69 Å². The SMILES string of the molecule is Cc1cc(NCc2cnc3c(c2)c(C)nn3C)cnc1Br. The van der Waals surface area contributed by atoms with E-state index < -0.39 is 0 Å². The first-order valence-electron chi connectivity index (χ1n) is 6.69. The summed E-state index contributed by atoms with van der Waals surface area (Å²) in [6.07, 6.45) is 3.70. The minimum atomic E-state index is 0.708. The fourth-order valence-corrected chi connectivity index (χ4v) is 2.52. The van der Waals surface area contributed by atoms with Crippen LogP contribution in [0.3, 0.4) is 0 Å². The third-order valence-corrected chi connectivity index (χ3v) is 4.26. The summed E-state index contributed by atoms with van der Waals surface area (Å²) >= 11 is 3.40. The summed E-state index contributed by atoms with van der Waals surface area (Å²) in [7, 11) is 1.91. The van der Waals surface area contributed by atoms with Crippen molar-refractivity contribution in [3.8, 4) is 0 Å². The first-order chi connectivity index (χ1) is 10.0. The van der Waals surface area contributed by atoms with Gasteiger partial charge >= 0.3 is 0 Å². The average molecular weight is 346 g/mol. The van der Waals surface area contributed by atoms with Crippen LogP contribution in [-0.2, 0) is 13.6 Å². The number of pyridine rings is 2. The molecule has 3 heterocycles. The van der Waals surface area contributed by atoms with Gasteiger partial charge in [-0.2, -0.15) is 5.10 Å². The van der Waals surface area contributed by atoms with Crippen LogP contribution in [-0.4, -0.2) is 19.7 Å². The van der Waals surface area contributed by atoms with E-state index in [1.807, 2.05) is 38.0 Å². The molecule has 0 aliphatic rings. The molecule has 0 saturated carbocycles. The predicted molar refractivity (Wildman–Crippen MR) is 87.2 cm³/mol. The summed E-state index contributed by atoms with van der Waals surface area (Å²) in [5.74, 6) is 0. The van der Waals surface area contributed by atoms with Crippen LogP contribution in [0.1, 0.15) is 16.8 Å². The molecule has 21 heavy (non-hydrogen) atoms. The number of hydrogen-bond acceptors (Lipinski definition) is 4. The molecular weight excluding hydrogens is 330 g/mol. The van der Waals surface area contributed by atoms with Gasteiger partial charge in [0.05, 0.1) is 17.6 Å². The standard InChI is InChI=1S/C15H16BrN5/c1-9-4-12(8-18-14(9)16)17-6-11-5-13-10(2)20-21(3)15(13)19-7-11/h4-5,7-8,17H,6H2,1-3H3. The van der Waals surface area contributed by atoms with Crippen molar-refractivity contribution in [1.82, 2.24) is 19.7 Å². The molecule has 3 rings (SSSR count). The van der Waals surface area contributed by atoms with Crippen molar-refractivity contribution in [2.45, 2.75) is 20.4 Å². The molecule has 3 aromatic heterocycles. The van der Waals surface area contributed by atoms with Gasteiger partial charge in [-0.3, -0.25) is 4.68 Å². The van der Waals surface area contributed by atoms with E-state index in [0.717, 1.165) is 38.1 Å². The number of halogens is 1. The Morgan fingerprint density at radius 2 is 2.00 bits per heavy atom. The molecule has 0 bridgehead atoms. The zero-order chi connectivity index (χ0) is 15.0. The molecule has 3 aromatic rings. The van der Waals surface area contributed by atoms with Crippen LogP contribution in [0.2, 0.25) is 0 Å². The third kappa shape index (κ3) is 2.76. The molecule has 0 fully saturated rings. The fourth-order valence-electron chi connectivity index (χ4n) is 2.31. The maximum atomic E-state index is 4.48. The van der Waals surface area contributed by atoms with Crippen molar-refractivity contribution in [3.63, 3.8) is 0 Å². The summed E-state index contributed by atoms with van der Waals surface area (Å²) in [6, 6.07) is 4.20. The number of rotatable bonds is 3. The normalized spacial score (nSPS) is 11.0. The van der Waals surface area contributed by atoms with Gasteiger partial charge < -0.3 is 5.32 Å². The largest absolute Gasteiger partial charge is 0.380 e. The Morgan fingerprint density at radius 1 is 1.19 bits per heavy atom. The molecule has 0 atom stereocenters. The average Bonchev–Trinajstić information content (AvgIpc) is 2.75. The third-order valence-electron chi connectivity index (χ3n) is 3.43. The van der Waals surface area contributed by atoms with E-state index in [9.17, 15) is 0 Å². The lowest BCUT2D eigenvalue weighted by molar-refractivity contribution is 0.773. The van der Waals surface area contributed by atoms with Gasteiger partial charge in [0.1, 0.15) is 4.60 Å². The number of fused-ring (bicyclic) bond motifs is 1. The highest BCUT2D eigenvalue weighted by atomic mass is 79.9. The van der Waals surface area contributed by atoms with Gasteiger partial charge in [0, 0.05) is 25.2 Å². The minimum absolute atomic E-state index is 0.708. The van der Waals surface area contributed by atoms with Crippen LogP contribution < -0.4 is 5.32 Å². The zero-order valence-electron chi connectivity index (χ0n) is 12.2. The van der Waals surface area contributed by atoms with Crippen LogP contribution in [0.25, 0.3) is 11.0 Å². The molecule has 1 N–H and O–H groups in total. The van der Waals surface area contributed by atoms with E-state index in [1.165, 1.54) is 0 Å². The number of aromatic nitrogens is 4. The molecule has 0 spiro atoms. The fraction of sp³-hybridized carbons (Fsp3) is 0.267. The monoisotopic (exact) mass is 345 g/mol. The van der Waals surface area contributed by atoms with Crippen molar-refractivity contribution in [3.05, 3.63) is 46.0 Å². The van der Waals surface area contributed by atoms with Crippen molar-refractivity contribution in [1.29, 1.82) is 0 Å². The highest BCUT2D eigenvalue weighted by molar-refractivity contribution is 9.10. The quantitative estimate of drug-likeness (QED) is 0.739. The Kier molecular flexibility index (Phi) is 3.63. The zero-order valence-corrected chi connectivity index (χ0v) is 13.8. The van der Waals surface area contributed by atoms with Crippen molar-refractivity contribution in [2.75, 3.05) is 5.32 Å². The number of aryl methyl sites for hydroxylation is 3. The predicted octanol–water partition coefficient (Wildman–Crippen LogP) is 3.35. The Morgan fingerprint density at radius 3 is 2.76 bits per heavy atom. The summed E-state index contributed by atoms with van der Waals surface area (Å²) < 4.78 is 2.69. The molecule has 0 aromatic carbocycles. The lowest BCUT2D eigenvalue weighted by atomic mass is 10.2. The van der Waals surface area contributed by atoms with Gasteiger partial charge in [0.25, 0.3) is 0 Å². The first kappa shape index (κ1) is 14.0. The second kappa shape index (κ2) is 5.44. The van der Waals surface area contributed by atoms with Crippen molar-refractivity contribution >= 4 is 32.7 Å². The van der Waals surface area contributed by atoms with E-state index >= 15 is 0 Å². The van der Waals surface area contributed by atoms with Crippen molar-refractivity contribution < 1.29 is 0 Å². The highest BCUT2D eigenvalue weighted by Crippen LogP contribution is 2.19. The van der Waals surface area contributed by atoms with Gasteiger partial charge in [-0.1, -0.05) is 0 Å². The Balaban J connectivity index is 1.81. The van der Waals surface area contributed by atoms with Crippen molar-refractivity contribution in [2.24, 2.45) is 7.05 Å². The van der Waals surface area contributed by atoms with Crippen LogP contribution in [0.5, 0.6) is 0 Å². The Hall–Kier alpha value is -1.95. The molecule has 6 heteroatoms. The van der Waals surface area contributed by atoms with Gasteiger partial charge in [-0.25, -0.2) is 9.97 Å². The van der Waals surface area contributed by atoms with Crippen LogP contribution >= 0.6 is 15.9 Å². The van der Waals surface area contributed by atoms with E-state index in [-0.39, 0.29) is 0 Å². The van der Waals surface area contributed by atoms with E-state index in [0.29, 0.717) is 6.54 Å². The Labute approximate surface area is 131 Å². The number of nitrogens with one attached hydrogen (secondary N) is 1. The first-order valence-corrected chi connectivity index (χ1v) is 7.48. The maximum Gasteiger partial charge on any atom is 0.157 e. The van der Waals surface area contributed by atoms with Gasteiger partial charge in [0.2, 0.25) is 0 Å². The molecule has 0 unspecified atom stereocenters. The van der Waals surface area contributed by atoms with E-state index in [2.05, 4.69) is 48.4 Å². The van der Waals surface area contributed by atoms with Crippen LogP contribution in [0, 0.1) is 13.8 Å². The molecule has 0 radical (unpaired) electrons. The van der Waals surface area contributed by atoms with Gasteiger partial charge in [0.15, 0.2) is 5.65 Å². The summed E-state index contributed by atoms with van der Waals surface area (Å²) in [5, 5.41) is 8.86. The smallest absolute Gasteiger partial charge is 0.157 e. The highest BCUT2D eigenvalue weighted by Gasteiger charge is 2.07. The number of anilines is 1. The molecule has 0 saturated heterocycles. The topological polar surface area (TPSA) is 55.6 Å². The molecule has 0 amide bonds. The molecule has 108 valence electrons. The number of nitrogens with zero attached hydrogens (tertiary/aromatic N) is 4. The summed E-state index contributed by atoms with van der Waals surface area (Å²) in [4.78, 5) is 8.77. The molecular formula is C15H16BrN5. The lowest BCUT2D eigenvalue weighted by Gasteiger charge is -2.07. The second-order valence-corrected chi connectivity index (χ2v) is 5.86. The molecule has 0 aliphatic carbocycles. The summed E-state index contributed by atoms with van der Waals surface area (Å²) in [5.41, 5.74) is 5.15. The van der Waals surface area contributed by atoms with Gasteiger partial charge in [-0.15, -0.1) is 0 Å². The maximum absolute atomic E-state index is 4.48. The van der Waals surface area contributed by atoms with E-state index in [4.69, 9.17) is 0 Å².